The molecule has 2 aromatic heterocycles. The SMILES string of the molecule is CCn1c(CNC(=O)CCn2ncc3cc(Cl)ccc32)nc2ccccc21. The molecule has 138 valence electrons. The molecule has 0 bridgehead atoms. The molecule has 0 spiro atoms. The largest absolute Gasteiger partial charge is 0.349 e. The molecule has 0 atom stereocenters. The Morgan fingerprint density at radius 1 is 1.19 bits per heavy atom. The highest BCUT2D eigenvalue weighted by atomic mass is 35.5. The van der Waals surface area contributed by atoms with Gasteiger partial charge in [-0.25, -0.2) is 4.98 Å². The Labute approximate surface area is 161 Å². The molecule has 6 nitrogen and oxygen atoms in total. The normalized spacial score (nSPS) is 11.3. The molecule has 0 aliphatic rings. The van der Waals surface area contributed by atoms with Crippen LogP contribution in [0.3, 0.4) is 0 Å². The number of carbonyl (C=O) groups excluding carboxylic acids is 1. The molecule has 0 unspecified atom stereocenters. The average molecular weight is 382 g/mol. The molecule has 0 aliphatic carbocycles. The van der Waals surface area contributed by atoms with Crippen LogP contribution in [0, 0.1) is 0 Å². The molecule has 4 aromatic rings. The molecule has 7 heteroatoms. The van der Waals surface area contributed by atoms with Crippen molar-refractivity contribution in [2.45, 2.75) is 33.0 Å². The van der Waals surface area contributed by atoms with Gasteiger partial charge < -0.3 is 9.88 Å². The number of carbonyl (C=O) groups is 1. The molecule has 2 aromatic carbocycles. The molecule has 0 fully saturated rings. The Balaban J connectivity index is 1.40. The first-order chi connectivity index (χ1) is 13.2. The van der Waals surface area contributed by atoms with Crippen molar-refractivity contribution in [1.82, 2.24) is 24.6 Å². The fourth-order valence-electron chi connectivity index (χ4n) is 3.32. The van der Waals surface area contributed by atoms with Crippen LogP contribution in [0.5, 0.6) is 0 Å². The van der Waals surface area contributed by atoms with Crippen LogP contribution >= 0.6 is 11.6 Å². The van der Waals surface area contributed by atoms with Crippen LogP contribution in [-0.2, 0) is 24.4 Å². The number of aromatic nitrogens is 4. The van der Waals surface area contributed by atoms with Gasteiger partial charge in [0.1, 0.15) is 5.82 Å². The van der Waals surface area contributed by atoms with Crippen molar-refractivity contribution in [3.63, 3.8) is 0 Å². The number of benzene rings is 2. The Kier molecular flexibility index (Phi) is 4.81. The molecule has 1 N–H and O–H groups in total. The number of aryl methyl sites for hydroxylation is 2. The van der Waals surface area contributed by atoms with Crippen molar-refractivity contribution < 1.29 is 4.79 Å². The lowest BCUT2D eigenvalue weighted by atomic mass is 10.2. The fraction of sp³-hybridized carbons (Fsp3) is 0.250. The van der Waals surface area contributed by atoms with E-state index in [2.05, 4.69) is 26.9 Å². The van der Waals surface area contributed by atoms with Crippen LogP contribution < -0.4 is 5.32 Å². The van der Waals surface area contributed by atoms with Crippen molar-refractivity contribution in [2.24, 2.45) is 0 Å². The topological polar surface area (TPSA) is 64.7 Å². The Morgan fingerprint density at radius 2 is 2.04 bits per heavy atom. The molecular formula is C20H20ClN5O. The summed E-state index contributed by atoms with van der Waals surface area (Å²) < 4.78 is 3.95. The van der Waals surface area contributed by atoms with E-state index in [1.54, 1.807) is 6.20 Å². The average Bonchev–Trinajstić information content (AvgIpc) is 3.24. The standard InChI is InChI=1S/C20H20ClN5O/c1-2-25-18-6-4-3-5-16(18)24-19(25)13-22-20(27)9-10-26-17-8-7-15(21)11-14(17)12-23-26/h3-8,11-12H,2,9-10,13H2,1H3,(H,22,27). The van der Waals surface area contributed by atoms with E-state index in [0.717, 1.165) is 34.3 Å². The summed E-state index contributed by atoms with van der Waals surface area (Å²) in [5.41, 5.74) is 3.01. The van der Waals surface area contributed by atoms with Gasteiger partial charge in [-0.05, 0) is 37.3 Å². The van der Waals surface area contributed by atoms with Crippen LogP contribution in [0.2, 0.25) is 5.02 Å². The van der Waals surface area contributed by atoms with Gasteiger partial charge in [-0.2, -0.15) is 5.10 Å². The first kappa shape index (κ1) is 17.5. The lowest BCUT2D eigenvalue weighted by Crippen LogP contribution is -2.25. The predicted molar refractivity (Wildman–Crippen MR) is 107 cm³/mol. The third-order valence-electron chi connectivity index (χ3n) is 4.65. The quantitative estimate of drug-likeness (QED) is 0.553. The smallest absolute Gasteiger partial charge is 0.222 e. The Morgan fingerprint density at radius 3 is 2.89 bits per heavy atom. The number of nitrogens with zero attached hydrogens (tertiary/aromatic N) is 4. The van der Waals surface area contributed by atoms with E-state index in [9.17, 15) is 4.79 Å². The maximum absolute atomic E-state index is 12.3. The zero-order valence-corrected chi connectivity index (χ0v) is 15.8. The summed E-state index contributed by atoms with van der Waals surface area (Å²) in [6.07, 6.45) is 2.12. The van der Waals surface area contributed by atoms with Crippen molar-refractivity contribution in [2.75, 3.05) is 0 Å². The Bertz CT molecular complexity index is 1110. The summed E-state index contributed by atoms with van der Waals surface area (Å²) in [5, 5.41) is 8.97. The minimum absolute atomic E-state index is 0.0256. The summed E-state index contributed by atoms with van der Waals surface area (Å²) in [4.78, 5) is 16.9. The van der Waals surface area contributed by atoms with Crippen LogP contribution in [-0.4, -0.2) is 25.2 Å². The number of para-hydroxylation sites is 2. The second kappa shape index (κ2) is 7.40. The fourth-order valence-corrected chi connectivity index (χ4v) is 3.50. The molecular weight excluding hydrogens is 362 g/mol. The lowest BCUT2D eigenvalue weighted by molar-refractivity contribution is -0.121. The molecule has 0 aliphatic heterocycles. The number of halogens is 1. The van der Waals surface area contributed by atoms with E-state index < -0.39 is 0 Å². The van der Waals surface area contributed by atoms with Gasteiger partial charge in [-0.3, -0.25) is 9.48 Å². The number of fused-ring (bicyclic) bond motifs is 2. The van der Waals surface area contributed by atoms with E-state index in [4.69, 9.17) is 11.6 Å². The maximum Gasteiger partial charge on any atom is 0.222 e. The molecule has 4 rings (SSSR count). The summed E-state index contributed by atoms with van der Waals surface area (Å²) in [5.74, 6) is 0.841. The molecule has 0 radical (unpaired) electrons. The highest BCUT2D eigenvalue weighted by Crippen LogP contribution is 2.19. The maximum atomic E-state index is 12.3. The van der Waals surface area contributed by atoms with Gasteiger partial charge in [0.2, 0.25) is 5.91 Å². The lowest BCUT2D eigenvalue weighted by Gasteiger charge is -2.08. The second-order valence-electron chi connectivity index (χ2n) is 6.36. The number of hydrogen-bond donors (Lipinski definition) is 1. The van der Waals surface area contributed by atoms with Crippen LogP contribution in [0.15, 0.2) is 48.7 Å². The van der Waals surface area contributed by atoms with Crippen LogP contribution in [0.4, 0.5) is 0 Å². The van der Waals surface area contributed by atoms with Gasteiger partial charge >= 0.3 is 0 Å². The van der Waals surface area contributed by atoms with Crippen LogP contribution in [0.1, 0.15) is 19.2 Å². The zero-order chi connectivity index (χ0) is 18.8. The van der Waals surface area contributed by atoms with Gasteiger partial charge in [0.05, 0.1) is 35.8 Å². The van der Waals surface area contributed by atoms with Gasteiger partial charge in [0.15, 0.2) is 0 Å². The molecule has 2 heterocycles. The van der Waals surface area contributed by atoms with Gasteiger partial charge in [0.25, 0.3) is 0 Å². The van der Waals surface area contributed by atoms with Gasteiger partial charge in [-0.1, -0.05) is 23.7 Å². The predicted octanol–water partition coefficient (Wildman–Crippen LogP) is 3.77. The minimum Gasteiger partial charge on any atom is -0.349 e. The molecule has 1 amide bonds. The third-order valence-corrected chi connectivity index (χ3v) is 4.88. The summed E-state index contributed by atoms with van der Waals surface area (Å²) in [6.45, 7) is 3.82. The highest BCUT2D eigenvalue weighted by Gasteiger charge is 2.11. The molecule has 0 saturated heterocycles. The van der Waals surface area contributed by atoms with Crippen molar-refractivity contribution in [1.29, 1.82) is 0 Å². The monoisotopic (exact) mass is 381 g/mol. The number of rotatable bonds is 6. The Hall–Kier alpha value is -2.86. The van der Waals surface area contributed by atoms with Crippen LogP contribution in [0.25, 0.3) is 21.9 Å². The first-order valence-corrected chi connectivity index (χ1v) is 9.35. The van der Waals surface area contributed by atoms with E-state index in [1.807, 2.05) is 47.1 Å². The van der Waals surface area contributed by atoms with E-state index in [0.29, 0.717) is 24.5 Å². The van der Waals surface area contributed by atoms with E-state index >= 15 is 0 Å². The number of imidazole rings is 1. The number of amides is 1. The third kappa shape index (κ3) is 3.53. The van der Waals surface area contributed by atoms with Crippen molar-refractivity contribution in [3.8, 4) is 0 Å². The zero-order valence-electron chi connectivity index (χ0n) is 15.0. The summed E-state index contributed by atoms with van der Waals surface area (Å²) in [7, 11) is 0. The second-order valence-corrected chi connectivity index (χ2v) is 6.80. The van der Waals surface area contributed by atoms with Crippen molar-refractivity contribution in [3.05, 3.63) is 59.5 Å². The van der Waals surface area contributed by atoms with Gasteiger partial charge in [0, 0.05) is 23.4 Å². The first-order valence-electron chi connectivity index (χ1n) is 8.97. The van der Waals surface area contributed by atoms with Crippen molar-refractivity contribution >= 4 is 39.4 Å². The van der Waals surface area contributed by atoms with E-state index in [-0.39, 0.29) is 5.91 Å². The summed E-state index contributed by atoms with van der Waals surface area (Å²) in [6, 6.07) is 13.6. The minimum atomic E-state index is -0.0256. The highest BCUT2D eigenvalue weighted by molar-refractivity contribution is 6.31. The van der Waals surface area contributed by atoms with Gasteiger partial charge in [-0.15, -0.1) is 0 Å². The van der Waals surface area contributed by atoms with E-state index in [1.165, 1.54) is 0 Å². The number of hydrogen-bond acceptors (Lipinski definition) is 3. The molecule has 27 heavy (non-hydrogen) atoms. The number of nitrogens with one attached hydrogen (secondary N) is 1. The molecule has 0 saturated carbocycles. The summed E-state index contributed by atoms with van der Waals surface area (Å²) >= 11 is 6.00.